The van der Waals surface area contributed by atoms with Gasteiger partial charge in [-0.15, -0.1) is 0 Å². The van der Waals surface area contributed by atoms with Gasteiger partial charge in [-0.2, -0.15) is 13.2 Å². The van der Waals surface area contributed by atoms with Gasteiger partial charge in [0, 0.05) is 19.3 Å². The number of aliphatic hydroxyl groups excluding tert-OH is 1. The van der Waals surface area contributed by atoms with Gasteiger partial charge in [0.15, 0.2) is 6.10 Å². The molecule has 2 rings (SSSR count). The second-order valence-corrected chi connectivity index (χ2v) is 6.05. The van der Waals surface area contributed by atoms with Crippen LogP contribution in [-0.4, -0.2) is 67.1 Å². The molecule has 0 aromatic rings. The molecule has 5 nitrogen and oxygen atoms in total. The number of hydrogen-bond donors (Lipinski definition) is 2. The number of amides is 1. The van der Waals surface area contributed by atoms with Crippen molar-refractivity contribution in [2.45, 2.75) is 44.0 Å². The maximum atomic E-state index is 12.5. The minimum absolute atomic E-state index is 0.0956. The van der Waals surface area contributed by atoms with Crippen LogP contribution in [0.5, 0.6) is 0 Å². The van der Waals surface area contributed by atoms with Crippen LogP contribution in [0.1, 0.15) is 25.7 Å². The van der Waals surface area contributed by atoms with Gasteiger partial charge in [-0.05, 0) is 44.7 Å². The fourth-order valence-electron chi connectivity index (χ4n) is 3.01. The quantitative estimate of drug-likeness (QED) is 0.807. The average molecular weight is 324 g/mol. The Kier molecular flexibility index (Phi) is 6.05. The lowest BCUT2D eigenvalue weighted by molar-refractivity contribution is -0.223. The summed E-state index contributed by atoms with van der Waals surface area (Å²) in [6.45, 7) is 2.29. The Morgan fingerprint density at radius 1 is 1.23 bits per heavy atom. The van der Waals surface area contributed by atoms with Crippen LogP contribution >= 0.6 is 0 Å². The first kappa shape index (κ1) is 17.5. The first-order chi connectivity index (χ1) is 10.4. The molecule has 22 heavy (non-hydrogen) atoms. The van der Waals surface area contributed by atoms with Gasteiger partial charge in [0.1, 0.15) is 0 Å². The molecule has 1 amide bonds. The second-order valence-electron chi connectivity index (χ2n) is 6.05. The van der Waals surface area contributed by atoms with Gasteiger partial charge in [0.05, 0.1) is 6.54 Å². The number of rotatable bonds is 4. The number of aliphatic hydroxyl groups is 1. The molecule has 0 radical (unpaired) electrons. The number of hydrogen-bond acceptors (Lipinski definition) is 4. The summed E-state index contributed by atoms with van der Waals surface area (Å²) in [5.74, 6) is -0.864. The van der Waals surface area contributed by atoms with E-state index in [2.05, 4.69) is 5.32 Å². The van der Waals surface area contributed by atoms with Gasteiger partial charge in [-0.1, -0.05) is 0 Å². The summed E-state index contributed by atoms with van der Waals surface area (Å²) in [7, 11) is 0. The zero-order valence-electron chi connectivity index (χ0n) is 12.4. The van der Waals surface area contributed by atoms with Gasteiger partial charge in [-0.25, -0.2) is 0 Å². The topological polar surface area (TPSA) is 61.8 Å². The number of alkyl halides is 3. The van der Waals surface area contributed by atoms with Gasteiger partial charge >= 0.3 is 6.18 Å². The molecule has 0 aromatic heterocycles. The molecule has 0 spiro atoms. The summed E-state index contributed by atoms with van der Waals surface area (Å²) in [4.78, 5) is 13.8. The number of halogens is 3. The van der Waals surface area contributed by atoms with Gasteiger partial charge in [-0.3, -0.25) is 9.69 Å². The van der Waals surface area contributed by atoms with Crippen molar-refractivity contribution < 1.29 is 27.8 Å². The molecule has 0 aliphatic carbocycles. The van der Waals surface area contributed by atoms with E-state index in [-0.39, 0.29) is 31.3 Å². The number of nitrogens with zero attached hydrogens (tertiary/aromatic N) is 1. The fraction of sp³-hybridized carbons (Fsp3) is 0.929. The summed E-state index contributed by atoms with van der Waals surface area (Å²) < 4.78 is 42.6. The van der Waals surface area contributed by atoms with Crippen LogP contribution in [0.4, 0.5) is 13.2 Å². The minimum atomic E-state index is -4.56. The molecule has 8 heteroatoms. The van der Waals surface area contributed by atoms with E-state index in [1.165, 1.54) is 0 Å². The molecule has 2 heterocycles. The monoisotopic (exact) mass is 324 g/mol. The zero-order valence-corrected chi connectivity index (χ0v) is 12.4. The highest BCUT2D eigenvalue weighted by Crippen LogP contribution is 2.31. The third-order valence-corrected chi connectivity index (χ3v) is 4.37. The third-order valence-electron chi connectivity index (χ3n) is 4.37. The van der Waals surface area contributed by atoms with Crippen molar-refractivity contribution in [3.63, 3.8) is 0 Å². The number of likely N-dealkylation sites (tertiary alicyclic amines) is 1. The summed E-state index contributed by atoms with van der Waals surface area (Å²) in [6.07, 6.45) is -4.72. The average Bonchev–Trinajstić information content (AvgIpc) is 2.47. The van der Waals surface area contributed by atoms with Crippen LogP contribution in [0, 0.1) is 5.92 Å². The fourth-order valence-corrected chi connectivity index (χ4v) is 3.01. The third kappa shape index (κ3) is 5.10. The molecule has 2 aliphatic rings. The van der Waals surface area contributed by atoms with E-state index in [0.717, 1.165) is 12.8 Å². The van der Waals surface area contributed by atoms with E-state index >= 15 is 0 Å². The number of piperidine rings is 1. The Hall–Kier alpha value is -0.860. The molecular formula is C14H23F3N2O3. The van der Waals surface area contributed by atoms with Gasteiger partial charge in [0.25, 0.3) is 0 Å². The molecule has 128 valence electrons. The van der Waals surface area contributed by atoms with E-state index in [0.29, 0.717) is 26.3 Å². The molecular weight excluding hydrogens is 301 g/mol. The van der Waals surface area contributed by atoms with Crippen LogP contribution < -0.4 is 5.32 Å². The SMILES string of the molecule is O=C(CN1CCC(C(O)C(F)(F)F)CC1)NC1CCOCC1. The molecule has 1 atom stereocenters. The van der Waals surface area contributed by atoms with E-state index in [9.17, 15) is 23.1 Å². The Labute approximate surface area is 127 Å². The van der Waals surface area contributed by atoms with Crippen molar-refractivity contribution in [1.82, 2.24) is 10.2 Å². The zero-order chi connectivity index (χ0) is 16.2. The van der Waals surface area contributed by atoms with Crippen molar-refractivity contribution in [1.29, 1.82) is 0 Å². The smallest absolute Gasteiger partial charge is 0.383 e. The van der Waals surface area contributed by atoms with Crippen LogP contribution in [0.15, 0.2) is 0 Å². The summed E-state index contributed by atoms with van der Waals surface area (Å²) in [5.41, 5.74) is 0. The highest BCUT2D eigenvalue weighted by molar-refractivity contribution is 5.78. The molecule has 2 N–H and O–H groups in total. The van der Waals surface area contributed by atoms with E-state index in [1.54, 1.807) is 0 Å². The van der Waals surface area contributed by atoms with Crippen LogP contribution in [0.2, 0.25) is 0 Å². The van der Waals surface area contributed by atoms with Crippen molar-refractivity contribution in [3.05, 3.63) is 0 Å². The van der Waals surface area contributed by atoms with Crippen LogP contribution in [0.3, 0.4) is 0 Å². The Balaban J connectivity index is 1.69. The van der Waals surface area contributed by atoms with Crippen molar-refractivity contribution in [2.75, 3.05) is 32.8 Å². The summed E-state index contributed by atoms with van der Waals surface area (Å²) in [6, 6.07) is 0.130. The molecule has 1 unspecified atom stereocenters. The first-order valence-corrected chi connectivity index (χ1v) is 7.70. The molecule has 2 aliphatic heterocycles. The molecule has 0 saturated carbocycles. The largest absolute Gasteiger partial charge is 0.414 e. The lowest BCUT2D eigenvalue weighted by Gasteiger charge is -2.34. The number of carbonyl (C=O) groups excluding carboxylic acids is 1. The molecule has 2 fully saturated rings. The predicted octanol–water partition coefficient (Wildman–Crippen LogP) is 0.917. The normalized spacial score (nSPS) is 24.2. The highest BCUT2D eigenvalue weighted by Gasteiger charge is 2.44. The van der Waals surface area contributed by atoms with Crippen molar-refractivity contribution in [3.8, 4) is 0 Å². The van der Waals surface area contributed by atoms with Crippen molar-refractivity contribution >= 4 is 5.91 Å². The first-order valence-electron chi connectivity index (χ1n) is 7.70. The Morgan fingerprint density at radius 3 is 2.36 bits per heavy atom. The predicted molar refractivity (Wildman–Crippen MR) is 73.2 cm³/mol. The Bertz CT molecular complexity index is 365. The van der Waals surface area contributed by atoms with Gasteiger partial charge in [0.2, 0.25) is 5.91 Å². The molecule has 0 aromatic carbocycles. The lowest BCUT2D eigenvalue weighted by Crippen LogP contribution is -2.48. The molecule has 2 saturated heterocycles. The number of ether oxygens (including phenoxy) is 1. The minimum Gasteiger partial charge on any atom is -0.383 e. The maximum Gasteiger partial charge on any atom is 0.414 e. The van der Waals surface area contributed by atoms with E-state index < -0.39 is 18.2 Å². The van der Waals surface area contributed by atoms with Crippen molar-refractivity contribution in [2.24, 2.45) is 5.92 Å². The standard InChI is InChI=1S/C14H23F3N2O3/c15-14(16,17)13(21)10-1-5-19(6-2-10)9-12(20)18-11-3-7-22-8-4-11/h10-11,13,21H,1-9H2,(H,18,20). The lowest BCUT2D eigenvalue weighted by atomic mass is 9.91. The number of carbonyl (C=O) groups is 1. The maximum absolute atomic E-state index is 12.5. The summed E-state index contributed by atoms with van der Waals surface area (Å²) in [5, 5.41) is 12.2. The van der Waals surface area contributed by atoms with Crippen LogP contribution in [-0.2, 0) is 9.53 Å². The van der Waals surface area contributed by atoms with Crippen LogP contribution in [0.25, 0.3) is 0 Å². The second kappa shape index (κ2) is 7.61. The van der Waals surface area contributed by atoms with E-state index in [4.69, 9.17) is 4.74 Å². The number of nitrogens with one attached hydrogen (secondary N) is 1. The summed E-state index contributed by atoms with van der Waals surface area (Å²) >= 11 is 0. The van der Waals surface area contributed by atoms with Gasteiger partial charge < -0.3 is 15.2 Å². The Morgan fingerprint density at radius 2 is 1.82 bits per heavy atom. The van der Waals surface area contributed by atoms with E-state index in [1.807, 2.05) is 4.90 Å². The molecule has 0 bridgehead atoms. The highest BCUT2D eigenvalue weighted by atomic mass is 19.4.